The van der Waals surface area contributed by atoms with Gasteiger partial charge in [-0.3, -0.25) is 4.90 Å². The third-order valence-electron chi connectivity index (χ3n) is 5.67. The number of aromatic nitrogens is 2. The quantitative estimate of drug-likeness (QED) is 0.806. The Kier molecular flexibility index (Phi) is 5.65. The number of aryl methyl sites for hydroxylation is 2. The highest BCUT2D eigenvalue weighted by Crippen LogP contribution is 2.36. The van der Waals surface area contributed by atoms with E-state index in [0.717, 1.165) is 75.3 Å². The average Bonchev–Trinajstić information content (AvgIpc) is 2.96. The summed E-state index contributed by atoms with van der Waals surface area (Å²) >= 11 is 1.75. The van der Waals surface area contributed by atoms with Crippen LogP contribution < -0.4 is 16.0 Å². The van der Waals surface area contributed by atoms with Crippen LogP contribution in [0.5, 0.6) is 0 Å². The van der Waals surface area contributed by atoms with Crippen molar-refractivity contribution in [2.24, 2.45) is 5.73 Å². The fourth-order valence-electron chi connectivity index (χ4n) is 3.97. The monoisotopic (exact) mass is 404 g/mol. The van der Waals surface area contributed by atoms with Crippen LogP contribution in [-0.4, -0.2) is 66.3 Å². The molecule has 4 rings (SSSR count). The van der Waals surface area contributed by atoms with Gasteiger partial charge in [-0.05, 0) is 32.3 Å². The summed E-state index contributed by atoms with van der Waals surface area (Å²) in [6.07, 6.45) is 1.74. The molecule has 3 N–H and O–H groups in total. The molecule has 2 aliphatic rings. The lowest BCUT2D eigenvalue weighted by Gasteiger charge is -2.33. The van der Waals surface area contributed by atoms with Crippen LogP contribution in [0.3, 0.4) is 0 Å². The lowest BCUT2D eigenvalue weighted by atomic mass is 10.0. The molecule has 0 aliphatic carbocycles. The van der Waals surface area contributed by atoms with Crippen molar-refractivity contribution in [1.29, 1.82) is 0 Å². The first-order chi connectivity index (χ1) is 13.5. The van der Waals surface area contributed by atoms with Crippen LogP contribution >= 0.6 is 11.3 Å². The first kappa shape index (κ1) is 19.4. The molecule has 0 saturated carbocycles. The number of anilines is 1. The van der Waals surface area contributed by atoms with Gasteiger partial charge in [-0.1, -0.05) is 0 Å². The normalized spacial score (nSPS) is 19.3. The van der Waals surface area contributed by atoms with E-state index in [1.54, 1.807) is 11.3 Å². The molecule has 2 aromatic rings. The molecule has 2 fully saturated rings. The number of ether oxygens (including phenoxy) is 1. The van der Waals surface area contributed by atoms with E-state index in [1.165, 1.54) is 15.8 Å². The maximum atomic E-state index is 11.1. The van der Waals surface area contributed by atoms with E-state index in [0.29, 0.717) is 0 Å². The number of urea groups is 1. The summed E-state index contributed by atoms with van der Waals surface area (Å²) in [6, 6.07) is -0.302. The number of primary amides is 1. The van der Waals surface area contributed by atoms with Crippen LogP contribution in [0.4, 0.5) is 10.6 Å². The number of thiophene rings is 1. The largest absolute Gasteiger partial charge is 0.379 e. The van der Waals surface area contributed by atoms with E-state index < -0.39 is 6.03 Å². The number of carbonyl (C=O) groups is 1. The third kappa shape index (κ3) is 4.06. The van der Waals surface area contributed by atoms with Gasteiger partial charge in [-0.2, -0.15) is 0 Å². The lowest BCUT2D eigenvalue weighted by molar-refractivity contribution is 0.0331. The molecule has 0 radical (unpaired) electrons. The molecule has 8 nitrogen and oxygen atoms in total. The van der Waals surface area contributed by atoms with Gasteiger partial charge < -0.3 is 20.7 Å². The summed E-state index contributed by atoms with van der Waals surface area (Å²) in [5.41, 5.74) is 6.55. The zero-order chi connectivity index (χ0) is 19.7. The van der Waals surface area contributed by atoms with Gasteiger partial charge in [-0.15, -0.1) is 11.3 Å². The van der Waals surface area contributed by atoms with Crippen molar-refractivity contribution in [3.63, 3.8) is 0 Å². The highest BCUT2D eigenvalue weighted by Gasteiger charge is 2.25. The van der Waals surface area contributed by atoms with Crippen LogP contribution in [0.15, 0.2) is 0 Å². The minimum absolute atomic E-state index is 0.143. The minimum Gasteiger partial charge on any atom is -0.379 e. The van der Waals surface area contributed by atoms with Crippen molar-refractivity contribution >= 4 is 33.4 Å². The molecule has 4 heterocycles. The summed E-state index contributed by atoms with van der Waals surface area (Å²) in [6.45, 7) is 10.1. The maximum absolute atomic E-state index is 11.1. The SMILES string of the molecule is Cc1sc2nc(CN3CCOCC3)nc(N3CCC(NC(N)=O)CC3)c2c1C. The molecular weight excluding hydrogens is 376 g/mol. The Balaban J connectivity index is 1.61. The van der Waals surface area contributed by atoms with E-state index in [4.69, 9.17) is 20.4 Å². The van der Waals surface area contributed by atoms with Gasteiger partial charge in [0.1, 0.15) is 16.5 Å². The number of fused-ring (bicyclic) bond motifs is 1. The molecular formula is C19H28N6O2S. The fourth-order valence-corrected chi connectivity index (χ4v) is 5.01. The number of rotatable bonds is 4. The van der Waals surface area contributed by atoms with Crippen molar-refractivity contribution in [2.45, 2.75) is 39.3 Å². The second kappa shape index (κ2) is 8.18. The molecule has 2 aliphatic heterocycles. The first-order valence-electron chi connectivity index (χ1n) is 9.89. The molecule has 0 aromatic carbocycles. The van der Waals surface area contributed by atoms with Crippen LogP contribution in [0.2, 0.25) is 0 Å². The van der Waals surface area contributed by atoms with E-state index >= 15 is 0 Å². The lowest BCUT2D eigenvalue weighted by Crippen LogP contribution is -2.46. The smallest absolute Gasteiger partial charge is 0.312 e. The topological polar surface area (TPSA) is 96.6 Å². The third-order valence-corrected chi connectivity index (χ3v) is 6.77. The molecule has 0 bridgehead atoms. The Morgan fingerprint density at radius 3 is 2.61 bits per heavy atom. The molecule has 2 amide bonds. The number of piperidine rings is 1. The van der Waals surface area contributed by atoms with E-state index in [9.17, 15) is 4.79 Å². The molecule has 152 valence electrons. The highest BCUT2D eigenvalue weighted by atomic mass is 32.1. The Hall–Kier alpha value is -1.97. The van der Waals surface area contributed by atoms with Gasteiger partial charge in [0.15, 0.2) is 0 Å². The Bertz CT molecular complexity index is 856. The van der Waals surface area contributed by atoms with Crippen LogP contribution in [0.1, 0.15) is 29.1 Å². The van der Waals surface area contributed by atoms with Gasteiger partial charge >= 0.3 is 6.03 Å². The predicted octanol–water partition coefficient (Wildman–Crippen LogP) is 1.78. The van der Waals surface area contributed by atoms with Crippen LogP contribution in [0, 0.1) is 13.8 Å². The number of nitrogens with zero attached hydrogens (tertiary/aromatic N) is 4. The molecule has 0 unspecified atom stereocenters. The number of morpholine rings is 1. The molecule has 2 saturated heterocycles. The molecule has 2 aromatic heterocycles. The molecule has 0 atom stereocenters. The molecule has 9 heteroatoms. The summed E-state index contributed by atoms with van der Waals surface area (Å²) in [5.74, 6) is 1.91. The first-order valence-corrected chi connectivity index (χ1v) is 10.7. The van der Waals surface area contributed by atoms with Crippen LogP contribution in [0.25, 0.3) is 10.2 Å². The Morgan fingerprint density at radius 2 is 1.93 bits per heavy atom. The van der Waals surface area contributed by atoms with Gasteiger partial charge in [0.2, 0.25) is 0 Å². The van der Waals surface area contributed by atoms with Crippen molar-refractivity contribution in [3.05, 3.63) is 16.3 Å². The fraction of sp³-hybridized carbons (Fsp3) is 0.632. The van der Waals surface area contributed by atoms with Gasteiger partial charge in [0.05, 0.1) is 25.1 Å². The van der Waals surface area contributed by atoms with Crippen molar-refractivity contribution < 1.29 is 9.53 Å². The van der Waals surface area contributed by atoms with Gasteiger partial charge in [0.25, 0.3) is 0 Å². The second-order valence-electron chi connectivity index (χ2n) is 7.59. The van der Waals surface area contributed by atoms with Crippen LogP contribution in [-0.2, 0) is 11.3 Å². The van der Waals surface area contributed by atoms with Gasteiger partial charge in [-0.25, -0.2) is 14.8 Å². The van der Waals surface area contributed by atoms with Crippen molar-refractivity contribution in [2.75, 3.05) is 44.3 Å². The van der Waals surface area contributed by atoms with E-state index in [2.05, 4.69) is 29.0 Å². The number of hydrogen-bond acceptors (Lipinski definition) is 7. The number of carbonyl (C=O) groups excluding carboxylic acids is 1. The van der Waals surface area contributed by atoms with Crippen molar-refractivity contribution in [1.82, 2.24) is 20.2 Å². The Labute approximate surface area is 169 Å². The number of nitrogens with two attached hydrogens (primary N) is 1. The minimum atomic E-state index is -0.444. The zero-order valence-electron chi connectivity index (χ0n) is 16.5. The number of amides is 2. The summed E-state index contributed by atoms with van der Waals surface area (Å²) in [7, 11) is 0. The highest BCUT2D eigenvalue weighted by molar-refractivity contribution is 7.18. The Morgan fingerprint density at radius 1 is 1.21 bits per heavy atom. The van der Waals surface area contributed by atoms with E-state index in [-0.39, 0.29) is 6.04 Å². The predicted molar refractivity (Wildman–Crippen MR) is 111 cm³/mol. The average molecular weight is 405 g/mol. The summed E-state index contributed by atoms with van der Waals surface area (Å²) < 4.78 is 5.46. The standard InChI is InChI=1S/C19H28N6O2S/c1-12-13(2)28-18-16(12)17(25-5-3-14(4-6-25)21-19(20)26)22-15(23-18)11-24-7-9-27-10-8-24/h14H,3-11H2,1-2H3,(H3,20,21,26). The number of hydrogen-bond donors (Lipinski definition) is 2. The maximum Gasteiger partial charge on any atom is 0.312 e. The summed E-state index contributed by atoms with van der Waals surface area (Å²) in [5, 5.41) is 4.01. The summed E-state index contributed by atoms with van der Waals surface area (Å²) in [4.78, 5) is 28.1. The number of nitrogens with one attached hydrogen (secondary N) is 1. The second-order valence-corrected chi connectivity index (χ2v) is 8.79. The van der Waals surface area contributed by atoms with E-state index in [1.807, 2.05) is 0 Å². The molecule has 28 heavy (non-hydrogen) atoms. The zero-order valence-corrected chi connectivity index (χ0v) is 17.3. The van der Waals surface area contributed by atoms with Crippen molar-refractivity contribution in [3.8, 4) is 0 Å². The van der Waals surface area contributed by atoms with Gasteiger partial charge in [0, 0.05) is 37.1 Å². The molecule has 0 spiro atoms.